The molecule has 5 nitrogen and oxygen atoms in total. The highest BCUT2D eigenvalue weighted by Crippen LogP contribution is 2.18. The van der Waals surface area contributed by atoms with Crippen LogP contribution in [0.25, 0.3) is 0 Å². The minimum atomic E-state index is -0.785. The predicted molar refractivity (Wildman–Crippen MR) is 87.6 cm³/mol. The predicted octanol–water partition coefficient (Wildman–Crippen LogP) is 3.09. The van der Waals surface area contributed by atoms with E-state index in [2.05, 4.69) is 5.32 Å². The quantitative estimate of drug-likeness (QED) is 0.823. The Bertz CT molecular complexity index is 631. The van der Waals surface area contributed by atoms with Crippen LogP contribution in [0.4, 0.5) is 0 Å². The van der Waals surface area contributed by atoms with Crippen molar-refractivity contribution in [3.8, 4) is 5.75 Å². The number of hydrogen-bond donors (Lipinski definition) is 2. The van der Waals surface area contributed by atoms with Crippen LogP contribution < -0.4 is 10.1 Å². The summed E-state index contributed by atoms with van der Waals surface area (Å²) in [7, 11) is 0. The Morgan fingerprint density at radius 1 is 1.22 bits per heavy atom. The Balaban J connectivity index is 1.88. The van der Waals surface area contributed by atoms with Gasteiger partial charge in [-0.2, -0.15) is 0 Å². The summed E-state index contributed by atoms with van der Waals surface area (Å²) in [5.41, 5.74) is 0.718. The molecule has 0 aliphatic carbocycles. The second-order valence-electron chi connectivity index (χ2n) is 5.58. The fourth-order valence-electron chi connectivity index (χ4n) is 2.13. The first kappa shape index (κ1) is 17.1. The van der Waals surface area contributed by atoms with E-state index in [-0.39, 0.29) is 24.3 Å². The molecule has 124 valence electrons. The van der Waals surface area contributed by atoms with Gasteiger partial charge in [0.05, 0.1) is 12.2 Å². The van der Waals surface area contributed by atoms with Gasteiger partial charge in [0.15, 0.2) is 5.76 Å². The number of carbonyl (C=O) groups is 1. The lowest BCUT2D eigenvalue weighted by molar-refractivity contribution is 0.0887. The number of aliphatic hydroxyl groups excluding tert-OH is 1. The van der Waals surface area contributed by atoms with Crippen LogP contribution in [0.2, 0.25) is 0 Å². The van der Waals surface area contributed by atoms with Crippen LogP contribution in [-0.2, 0) is 6.42 Å². The van der Waals surface area contributed by atoms with Gasteiger partial charge >= 0.3 is 0 Å². The van der Waals surface area contributed by atoms with Gasteiger partial charge in [0, 0.05) is 13.0 Å². The molecule has 0 spiro atoms. The van der Waals surface area contributed by atoms with Gasteiger partial charge in [-0.3, -0.25) is 4.79 Å². The van der Waals surface area contributed by atoms with Crippen molar-refractivity contribution >= 4 is 5.91 Å². The fraction of sp³-hybridized carbons (Fsp3) is 0.389. The maximum Gasteiger partial charge on any atom is 0.287 e. The van der Waals surface area contributed by atoms with Crippen molar-refractivity contribution in [3.05, 3.63) is 53.5 Å². The summed E-state index contributed by atoms with van der Waals surface area (Å²) in [5, 5.41) is 12.8. The van der Waals surface area contributed by atoms with E-state index in [1.807, 2.05) is 20.8 Å². The maximum absolute atomic E-state index is 11.9. The largest absolute Gasteiger partial charge is 0.491 e. The Morgan fingerprint density at radius 3 is 2.48 bits per heavy atom. The van der Waals surface area contributed by atoms with Crippen molar-refractivity contribution in [2.75, 3.05) is 6.54 Å². The molecule has 1 amide bonds. The van der Waals surface area contributed by atoms with Crippen LogP contribution in [0.5, 0.6) is 5.75 Å². The van der Waals surface area contributed by atoms with E-state index in [4.69, 9.17) is 9.15 Å². The Kier molecular flexibility index (Phi) is 5.82. The molecule has 0 saturated heterocycles. The van der Waals surface area contributed by atoms with Gasteiger partial charge in [-0.1, -0.05) is 19.1 Å². The number of furan rings is 1. The summed E-state index contributed by atoms with van der Waals surface area (Å²) in [4.78, 5) is 11.9. The molecule has 0 radical (unpaired) electrons. The molecule has 1 unspecified atom stereocenters. The zero-order valence-corrected chi connectivity index (χ0v) is 13.7. The third-order valence-corrected chi connectivity index (χ3v) is 3.33. The summed E-state index contributed by atoms with van der Waals surface area (Å²) >= 11 is 0. The molecule has 2 aromatic rings. The van der Waals surface area contributed by atoms with E-state index < -0.39 is 6.10 Å². The van der Waals surface area contributed by atoms with E-state index >= 15 is 0 Å². The SMILES string of the molecule is CCc1ccc(C(=O)NCC(O)c2ccc(OC(C)C)cc2)o1. The first-order valence-corrected chi connectivity index (χ1v) is 7.81. The number of aryl methyl sites for hydroxylation is 1. The van der Waals surface area contributed by atoms with Crippen molar-refractivity contribution in [3.63, 3.8) is 0 Å². The van der Waals surface area contributed by atoms with E-state index in [1.165, 1.54) is 0 Å². The van der Waals surface area contributed by atoms with Gasteiger partial charge in [-0.15, -0.1) is 0 Å². The molecule has 0 bridgehead atoms. The molecule has 0 saturated carbocycles. The number of amides is 1. The number of nitrogens with one attached hydrogen (secondary N) is 1. The van der Waals surface area contributed by atoms with Crippen molar-refractivity contribution in [2.45, 2.75) is 39.4 Å². The molecular weight excluding hydrogens is 294 g/mol. The molecule has 0 aliphatic rings. The molecule has 1 aromatic carbocycles. The van der Waals surface area contributed by atoms with E-state index in [0.717, 1.165) is 23.5 Å². The average Bonchev–Trinajstić information content (AvgIpc) is 3.01. The van der Waals surface area contributed by atoms with Crippen LogP contribution in [-0.4, -0.2) is 23.7 Å². The first-order valence-electron chi connectivity index (χ1n) is 7.81. The molecule has 0 aliphatic heterocycles. The van der Waals surface area contributed by atoms with Crippen LogP contribution in [0.15, 0.2) is 40.8 Å². The van der Waals surface area contributed by atoms with Gasteiger partial charge < -0.3 is 19.6 Å². The highest BCUT2D eigenvalue weighted by atomic mass is 16.5. The minimum absolute atomic E-state index is 0.103. The molecule has 1 atom stereocenters. The van der Waals surface area contributed by atoms with Gasteiger partial charge in [0.2, 0.25) is 0 Å². The van der Waals surface area contributed by atoms with Crippen molar-refractivity contribution < 1.29 is 19.1 Å². The van der Waals surface area contributed by atoms with Crippen LogP contribution in [0.3, 0.4) is 0 Å². The topological polar surface area (TPSA) is 71.7 Å². The molecule has 2 rings (SSSR count). The number of aliphatic hydroxyl groups is 1. The molecule has 0 fully saturated rings. The molecular formula is C18H23NO4. The third kappa shape index (κ3) is 4.86. The van der Waals surface area contributed by atoms with Crippen molar-refractivity contribution in [1.82, 2.24) is 5.32 Å². The molecule has 2 N–H and O–H groups in total. The number of benzene rings is 1. The highest BCUT2D eigenvalue weighted by molar-refractivity contribution is 5.91. The summed E-state index contributed by atoms with van der Waals surface area (Å²) in [5.74, 6) is 1.44. The summed E-state index contributed by atoms with van der Waals surface area (Å²) in [6.07, 6.45) is 0.0554. The molecule has 1 aromatic heterocycles. The number of carbonyl (C=O) groups excluding carboxylic acids is 1. The Hall–Kier alpha value is -2.27. The zero-order chi connectivity index (χ0) is 16.8. The lowest BCUT2D eigenvalue weighted by Gasteiger charge is -2.14. The third-order valence-electron chi connectivity index (χ3n) is 3.33. The summed E-state index contributed by atoms with van der Waals surface area (Å²) in [6.45, 7) is 5.98. The van der Waals surface area contributed by atoms with Gasteiger partial charge in [0.25, 0.3) is 5.91 Å². The summed E-state index contributed by atoms with van der Waals surface area (Å²) < 4.78 is 10.9. The Morgan fingerprint density at radius 2 is 1.91 bits per heavy atom. The Labute approximate surface area is 136 Å². The number of hydrogen-bond acceptors (Lipinski definition) is 4. The molecule has 1 heterocycles. The van der Waals surface area contributed by atoms with E-state index in [1.54, 1.807) is 36.4 Å². The normalized spacial score (nSPS) is 12.2. The van der Waals surface area contributed by atoms with Gasteiger partial charge in [0.1, 0.15) is 11.5 Å². The van der Waals surface area contributed by atoms with Crippen LogP contribution in [0.1, 0.15) is 48.8 Å². The minimum Gasteiger partial charge on any atom is -0.491 e. The highest BCUT2D eigenvalue weighted by Gasteiger charge is 2.14. The molecule has 23 heavy (non-hydrogen) atoms. The zero-order valence-electron chi connectivity index (χ0n) is 13.7. The summed E-state index contributed by atoms with van der Waals surface area (Å²) in [6, 6.07) is 10.6. The van der Waals surface area contributed by atoms with E-state index in [9.17, 15) is 9.90 Å². The standard InChI is InChI=1S/C18H23NO4/c1-4-14-9-10-17(23-14)18(21)19-11-16(20)13-5-7-15(8-6-13)22-12(2)3/h5-10,12,16,20H,4,11H2,1-3H3,(H,19,21). The van der Waals surface area contributed by atoms with Gasteiger partial charge in [-0.05, 0) is 43.7 Å². The second kappa shape index (κ2) is 7.83. The molecule has 5 heteroatoms. The lowest BCUT2D eigenvalue weighted by Crippen LogP contribution is -2.28. The van der Waals surface area contributed by atoms with Crippen molar-refractivity contribution in [1.29, 1.82) is 0 Å². The number of ether oxygens (including phenoxy) is 1. The number of rotatable bonds is 7. The van der Waals surface area contributed by atoms with Crippen molar-refractivity contribution in [2.24, 2.45) is 0 Å². The van der Waals surface area contributed by atoms with Gasteiger partial charge in [-0.25, -0.2) is 0 Å². The first-order chi connectivity index (χ1) is 11.0. The second-order valence-corrected chi connectivity index (χ2v) is 5.58. The van der Waals surface area contributed by atoms with Crippen LogP contribution in [0, 0.1) is 0 Å². The lowest BCUT2D eigenvalue weighted by atomic mass is 10.1. The smallest absolute Gasteiger partial charge is 0.287 e. The monoisotopic (exact) mass is 317 g/mol. The average molecular weight is 317 g/mol. The van der Waals surface area contributed by atoms with Crippen LogP contribution >= 0.6 is 0 Å². The maximum atomic E-state index is 11.9. The fourth-order valence-corrected chi connectivity index (χ4v) is 2.13. The van der Waals surface area contributed by atoms with E-state index in [0.29, 0.717) is 0 Å².